The molecule has 0 fully saturated rings. The Morgan fingerprint density at radius 3 is 2.61 bits per heavy atom. The molecule has 0 bridgehead atoms. The molecule has 2 rings (SSSR count). The lowest BCUT2D eigenvalue weighted by Crippen LogP contribution is -2.33. The fraction of sp³-hybridized carbons (Fsp3) is 0.474. The first kappa shape index (κ1) is 17.3. The molecule has 0 saturated heterocycles. The average molecular weight is 314 g/mol. The molecule has 0 aliphatic heterocycles. The van der Waals surface area contributed by atoms with Crippen molar-refractivity contribution in [1.82, 2.24) is 9.97 Å². The Bertz CT molecular complexity index is 593. The zero-order chi connectivity index (χ0) is 16.7. The van der Waals surface area contributed by atoms with Crippen molar-refractivity contribution in [2.24, 2.45) is 5.92 Å². The van der Waals surface area contributed by atoms with Gasteiger partial charge in [-0.05, 0) is 31.2 Å². The van der Waals surface area contributed by atoms with Gasteiger partial charge in [0, 0.05) is 12.4 Å². The molecule has 0 spiro atoms. The van der Waals surface area contributed by atoms with E-state index < -0.39 is 5.41 Å². The zero-order valence-corrected chi connectivity index (χ0v) is 14.2. The summed E-state index contributed by atoms with van der Waals surface area (Å²) in [6, 6.07) is 10.1. The molecular weight excluding hydrogens is 288 g/mol. The minimum Gasteiger partial charge on any atom is -0.466 e. The van der Waals surface area contributed by atoms with Crippen LogP contribution in [0.1, 0.15) is 51.4 Å². The minimum atomic E-state index is -0.471. The second-order valence-corrected chi connectivity index (χ2v) is 6.30. The summed E-state index contributed by atoms with van der Waals surface area (Å²) in [5.41, 5.74) is 0.630. The first-order valence-corrected chi connectivity index (χ1v) is 8.29. The molecule has 0 aliphatic rings. The van der Waals surface area contributed by atoms with Gasteiger partial charge >= 0.3 is 5.97 Å². The summed E-state index contributed by atoms with van der Waals surface area (Å²) in [5, 5.41) is 0. The Labute approximate surface area is 138 Å². The molecule has 1 unspecified atom stereocenters. The lowest BCUT2D eigenvalue weighted by molar-refractivity contribution is -0.144. The number of ether oxygens (including phenoxy) is 1. The van der Waals surface area contributed by atoms with Crippen LogP contribution in [-0.4, -0.2) is 22.5 Å². The number of esters is 1. The van der Waals surface area contributed by atoms with Gasteiger partial charge in [-0.2, -0.15) is 0 Å². The van der Waals surface area contributed by atoms with Gasteiger partial charge in [-0.15, -0.1) is 0 Å². The van der Waals surface area contributed by atoms with Crippen molar-refractivity contribution < 1.29 is 9.53 Å². The molecule has 0 amide bonds. The fourth-order valence-corrected chi connectivity index (χ4v) is 2.95. The van der Waals surface area contributed by atoms with Crippen molar-refractivity contribution in [2.75, 3.05) is 6.61 Å². The number of imidazole rings is 1. The molecular formula is C19H26N2O2. The number of H-pyrrole nitrogens is 1. The van der Waals surface area contributed by atoms with E-state index in [0.717, 1.165) is 24.2 Å². The van der Waals surface area contributed by atoms with E-state index >= 15 is 0 Å². The number of nitrogens with zero attached hydrogens (tertiary/aromatic N) is 1. The predicted octanol–water partition coefficient (Wildman–Crippen LogP) is 4.09. The average Bonchev–Trinajstić information content (AvgIpc) is 3.07. The number of aromatic amines is 1. The van der Waals surface area contributed by atoms with Gasteiger partial charge in [0.25, 0.3) is 0 Å². The van der Waals surface area contributed by atoms with E-state index in [0.29, 0.717) is 18.9 Å². The van der Waals surface area contributed by atoms with Gasteiger partial charge in [0.15, 0.2) is 0 Å². The number of carbonyl (C=O) groups excluding carboxylic acids is 1. The molecule has 4 nitrogen and oxygen atoms in total. The highest BCUT2D eigenvalue weighted by Gasteiger charge is 2.39. The van der Waals surface area contributed by atoms with E-state index in [-0.39, 0.29) is 5.97 Å². The van der Waals surface area contributed by atoms with Gasteiger partial charge in [0.2, 0.25) is 0 Å². The molecule has 124 valence electrons. The number of aromatic nitrogens is 2. The van der Waals surface area contributed by atoms with E-state index in [1.54, 1.807) is 6.20 Å². The Balaban J connectivity index is 2.46. The van der Waals surface area contributed by atoms with Crippen LogP contribution in [0.15, 0.2) is 42.7 Å². The SMILES string of the molecule is CCOC(=O)CC(CCC(C)C)(c1ccccc1)c1ncc[nH]1. The van der Waals surface area contributed by atoms with Crippen LogP contribution in [0.5, 0.6) is 0 Å². The monoisotopic (exact) mass is 314 g/mol. The lowest BCUT2D eigenvalue weighted by atomic mass is 9.72. The first-order chi connectivity index (χ1) is 11.1. The predicted molar refractivity (Wildman–Crippen MR) is 91.1 cm³/mol. The summed E-state index contributed by atoms with van der Waals surface area (Å²) in [6.07, 6.45) is 5.71. The Morgan fingerprint density at radius 2 is 2.04 bits per heavy atom. The van der Waals surface area contributed by atoms with Crippen molar-refractivity contribution in [1.29, 1.82) is 0 Å². The van der Waals surface area contributed by atoms with Gasteiger partial charge in [-0.1, -0.05) is 44.2 Å². The van der Waals surface area contributed by atoms with Gasteiger partial charge in [-0.25, -0.2) is 4.98 Å². The standard InChI is InChI=1S/C19H26N2O2/c1-4-23-17(22)14-19(11-10-15(2)3,18-20-12-13-21-18)16-8-6-5-7-9-16/h5-9,12-13,15H,4,10-11,14H2,1-3H3,(H,20,21). The normalized spacial score (nSPS) is 13.7. The van der Waals surface area contributed by atoms with Crippen molar-refractivity contribution >= 4 is 5.97 Å². The molecule has 1 N–H and O–H groups in total. The highest BCUT2D eigenvalue weighted by molar-refractivity contribution is 5.72. The second-order valence-electron chi connectivity index (χ2n) is 6.30. The summed E-state index contributed by atoms with van der Waals surface area (Å²) >= 11 is 0. The van der Waals surface area contributed by atoms with E-state index in [2.05, 4.69) is 35.9 Å². The maximum atomic E-state index is 12.3. The summed E-state index contributed by atoms with van der Waals surface area (Å²) in [5.74, 6) is 1.20. The summed E-state index contributed by atoms with van der Waals surface area (Å²) in [6.45, 7) is 6.62. The van der Waals surface area contributed by atoms with E-state index in [4.69, 9.17) is 4.74 Å². The quantitative estimate of drug-likeness (QED) is 0.747. The van der Waals surface area contributed by atoms with E-state index in [9.17, 15) is 4.79 Å². The number of benzene rings is 1. The number of carbonyl (C=O) groups is 1. The number of hydrogen-bond acceptors (Lipinski definition) is 3. The Hall–Kier alpha value is -2.10. The zero-order valence-electron chi connectivity index (χ0n) is 14.2. The van der Waals surface area contributed by atoms with Gasteiger partial charge in [0.1, 0.15) is 5.82 Å². The van der Waals surface area contributed by atoms with Crippen LogP contribution in [-0.2, 0) is 14.9 Å². The summed E-state index contributed by atoms with van der Waals surface area (Å²) in [4.78, 5) is 20.0. The van der Waals surface area contributed by atoms with E-state index in [1.165, 1.54) is 0 Å². The third-order valence-electron chi connectivity index (χ3n) is 4.18. The minimum absolute atomic E-state index is 0.184. The number of rotatable bonds is 8. The van der Waals surface area contributed by atoms with Crippen molar-refractivity contribution in [3.05, 3.63) is 54.1 Å². The third-order valence-corrected chi connectivity index (χ3v) is 4.18. The largest absolute Gasteiger partial charge is 0.466 e. The smallest absolute Gasteiger partial charge is 0.307 e. The van der Waals surface area contributed by atoms with Crippen LogP contribution in [0.3, 0.4) is 0 Å². The van der Waals surface area contributed by atoms with Crippen LogP contribution in [0.4, 0.5) is 0 Å². The van der Waals surface area contributed by atoms with Crippen LogP contribution < -0.4 is 0 Å². The molecule has 4 heteroatoms. The molecule has 2 aromatic rings. The molecule has 0 saturated carbocycles. The van der Waals surface area contributed by atoms with Gasteiger partial charge in [-0.3, -0.25) is 4.79 Å². The highest BCUT2D eigenvalue weighted by Crippen LogP contribution is 2.39. The molecule has 1 heterocycles. The number of nitrogens with one attached hydrogen (secondary N) is 1. The summed E-state index contributed by atoms with van der Waals surface area (Å²) in [7, 11) is 0. The number of hydrogen-bond donors (Lipinski definition) is 1. The molecule has 1 aromatic carbocycles. The lowest BCUT2D eigenvalue weighted by Gasteiger charge is -2.32. The van der Waals surface area contributed by atoms with Crippen molar-refractivity contribution in [3.8, 4) is 0 Å². The van der Waals surface area contributed by atoms with Crippen LogP contribution in [0.2, 0.25) is 0 Å². The van der Waals surface area contributed by atoms with E-state index in [1.807, 2.05) is 31.3 Å². The van der Waals surface area contributed by atoms with Crippen LogP contribution in [0.25, 0.3) is 0 Å². The third kappa shape index (κ3) is 4.21. The first-order valence-electron chi connectivity index (χ1n) is 8.29. The molecule has 1 atom stereocenters. The maximum absolute atomic E-state index is 12.3. The summed E-state index contributed by atoms with van der Waals surface area (Å²) < 4.78 is 5.24. The second kappa shape index (κ2) is 7.95. The molecule has 0 radical (unpaired) electrons. The Kier molecular flexibility index (Phi) is 5.97. The topological polar surface area (TPSA) is 55.0 Å². The van der Waals surface area contributed by atoms with Crippen molar-refractivity contribution in [3.63, 3.8) is 0 Å². The highest BCUT2D eigenvalue weighted by atomic mass is 16.5. The van der Waals surface area contributed by atoms with Crippen LogP contribution >= 0.6 is 0 Å². The van der Waals surface area contributed by atoms with Gasteiger partial charge in [0.05, 0.1) is 18.4 Å². The fourth-order valence-electron chi connectivity index (χ4n) is 2.95. The maximum Gasteiger partial charge on any atom is 0.307 e. The molecule has 1 aromatic heterocycles. The van der Waals surface area contributed by atoms with Crippen molar-refractivity contribution in [2.45, 2.75) is 45.4 Å². The van der Waals surface area contributed by atoms with Crippen LogP contribution in [0, 0.1) is 5.92 Å². The molecule has 0 aliphatic carbocycles. The molecule has 23 heavy (non-hydrogen) atoms. The Morgan fingerprint density at radius 1 is 1.30 bits per heavy atom. The van der Waals surface area contributed by atoms with Gasteiger partial charge < -0.3 is 9.72 Å².